The molecular weight excluding hydrogens is 564 g/mol. The smallest absolute Gasteiger partial charge is 0.126 e. The van der Waals surface area contributed by atoms with Gasteiger partial charge in [-0.25, -0.2) is 0 Å². The Morgan fingerprint density at radius 1 is 0.543 bits per heavy atom. The molecule has 1 aliphatic rings. The van der Waals surface area contributed by atoms with E-state index in [0.717, 1.165) is 11.1 Å². The molecule has 0 unspecified atom stereocenters. The van der Waals surface area contributed by atoms with Crippen molar-refractivity contribution in [2.45, 2.75) is 58.7 Å². The second-order valence-corrected chi connectivity index (χ2v) is 14.5. The molecule has 3 N–H and O–H groups in total. The van der Waals surface area contributed by atoms with Crippen molar-refractivity contribution < 1.29 is 15.3 Å². The third-order valence-corrected chi connectivity index (χ3v) is 10.4. The molecule has 0 heterocycles. The average molecular weight is 603 g/mol. The lowest BCUT2D eigenvalue weighted by atomic mass is 9.80. The van der Waals surface area contributed by atoms with Crippen LogP contribution in [0.15, 0.2) is 97.1 Å². The van der Waals surface area contributed by atoms with Gasteiger partial charge in [-0.15, -0.1) is 0 Å². The number of benzene rings is 7. The quantitative estimate of drug-likeness (QED) is 0.176. The summed E-state index contributed by atoms with van der Waals surface area (Å²) in [7, 11) is 0. The first-order chi connectivity index (χ1) is 22.0. The largest absolute Gasteiger partial charge is 0.507 e. The highest BCUT2D eigenvalue weighted by molar-refractivity contribution is 6.25. The molecule has 0 bridgehead atoms. The maximum atomic E-state index is 10.4. The van der Waals surface area contributed by atoms with Crippen molar-refractivity contribution in [3.05, 3.63) is 125 Å². The van der Waals surface area contributed by atoms with Gasteiger partial charge in [-0.05, 0) is 112 Å². The molecule has 0 aliphatic heterocycles. The number of rotatable bonds is 4. The van der Waals surface area contributed by atoms with E-state index in [0.29, 0.717) is 11.1 Å². The number of hydrogen-bond acceptors (Lipinski definition) is 3. The molecular formula is C43H38O3. The first-order valence-electron chi connectivity index (χ1n) is 16.1. The first kappa shape index (κ1) is 28.8. The zero-order valence-electron chi connectivity index (χ0n) is 27.0. The Kier molecular flexibility index (Phi) is 6.19. The van der Waals surface area contributed by atoms with Crippen molar-refractivity contribution in [2.75, 3.05) is 0 Å². The number of phenols is 1. The van der Waals surface area contributed by atoms with Crippen LogP contribution in [0.3, 0.4) is 0 Å². The highest BCUT2D eigenvalue weighted by atomic mass is 16.3. The Balaban J connectivity index is 1.25. The summed E-state index contributed by atoms with van der Waals surface area (Å²) < 4.78 is 0. The molecule has 7 aromatic rings. The summed E-state index contributed by atoms with van der Waals surface area (Å²) in [5.74, 6) is -0.0448. The lowest BCUT2D eigenvalue weighted by molar-refractivity contribution is 0.264. The molecule has 0 atom stereocenters. The van der Waals surface area contributed by atoms with Gasteiger partial charge in [0.2, 0.25) is 0 Å². The Hall–Kier alpha value is -4.70. The second kappa shape index (κ2) is 9.90. The van der Waals surface area contributed by atoms with E-state index in [1.54, 1.807) is 12.1 Å². The van der Waals surface area contributed by atoms with Gasteiger partial charge in [-0.2, -0.15) is 0 Å². The van der Waals surface area contributed by atoms with Gasteiger partial charge in [0.25, 0.3) is 0 Å². The van der Waals surface area contributed by atoms with Crippen LogP contribution in [0.25, 0.3) is 65.7 Å². The number of aromatic hydroxyl groups is 1. The Labute approximate surface area is 269 Å². The van der Waals surface area contributed by atoms with E-state index in [-0.39, 0.29) is 29.8 Å². The van der Waals surface area contributed by atoms with Crippen LogP contribution in [-0.4, -0.2) is 15.3 Å². The van der Waals surface area contributed by atoms with Gasteiger partial charge in [0.05, 0.1) is 13.2 Å². The van der Waals surface area contributed by atoms with Crippen molar-refractivity contribution in [2.24, 2.45) is 0 Å². The third kappa shape index (κ3) is 4.12. The predicted octanol–water partition coefficient (Wildman–Crippen LogP) is 10.2. The van der Waals surface area contributed by atoms with E-state index in [1.165, 1.54) is 71.3 Å². The highest BCUT2D eigenvalue weighted by Gasteiger charge is 2.36. The van der Waals surface area contributed by atoms with Crippen LogP contribution in [0, 0.1) is 0 Å². The minimum Gasteiger partial charge on any atom is -0.507 e. The Bertz CT molecular complexity index is 2310. The Morgan fingerprint density at radius 2 is 1.07 bits per heavy atom. The first-order valence-corrected chi connectivity index (χ1v) is 16.1. The molecule has 0 saturated heterocycles. The number of aliphatic hydroxyl groups is 2. The van der Waals surface area contributed by atoms with Crippen molar-refractivity contribution in [3.8, 4) is 39.1 Å². The molecule has 46 heavy (non-hydrogen) atoms. The lowest BCUT2D eigenvalue weighted by Crippen LogP contribution is -2.15. The minimum atomic E-state index is -0.293. The highest BCUT2D eigenvalue weighted by Crippen LogP contribution is 2.51. The number of hydrogen-bond donors (Lipinski definition) is 3. The molecule has 228 valence electrons. The average Bonchev–Trinajstić information content (AvgIpc) is 3.28. The molecule has 7 aromatic carbocycles. The molecule has 0 saturated carbocycles. The molecule has 1 aliphatic carbocycles. The second-order valence-electron chi connectivity index (χ2n) is 14.5. The van der Waals surface area contributed by atoms with Gasteiger partial charge in [0.1, 0.15) is 5.75 Å². The van der Waals surface area contributed by atoms with Crippen LogP contribution in [0.2, 0.25) is 0 Å². The van der Waals surface area contributed by atoms with Gasteiger partial charge in [-0.3, -0.25) is 0 Å². The predicted molar refractivity (Wildman–Crippen MR) is 191 cm³/mol. The molecule has 0 amide bonds. The topological polar surface area (TPSA) is 60.7 Å². The monoisotopic (exact) mass is 602 g/mol. The maximum Gasteiger partial charge on any atom is 0.126 e. The van der Waals surface area contributed by atoms with Crippen LogP contribution in [-0.2, 0) is 24.0 Å². The summed E-state index contributed by atoms with van der Waals surface area (Å²) in [6.45, 7) is 10.8. The molecule has 3 nitrogen and oxygen atoms in total. The van der Waals surface area contributed by atoms with E-state index in [2.05, 4.69) is 120 Å². The zero-order chi connectivity index (χ0) is 32.1. The fourth-order valence-electron chi connectivity index (χ4n) is 7.76. The fraction of sp³-hybridized carbons (Fsp3) is 0.209. The summed E-state index contributed by atoms with van der Waals surface area (Å²) in [5.41, 5.74) is 11.4. The van der Waals surface area contributed by atoms with Crippen molar-refractivity contribution in [3.63, 3.8) is 0 Å². The van der Waals surface area contributed by atoms with E-state index in [4.69, 9.17) is 0 Å². The SMILES string of the molecule is CC(C)(C)c1cc2ccc3ccc(-c4ccc5c(c4)C(C)(C)c4cc(-c6cc(CO)c(O)c(CO)c6)ccc4-5)c4ccc(c1)c2c34. The summed E-state index contributed by atoms with van der Waals surface area (Å²) in [6.07, 6.45) is 0. The maximum absolute atomic E-state index is 10.4. The normalized spacial score (nSPS) is 14.0. The van der Waals surface area contributed by atoms with E-state index in [1.807, 2.05) is 0 Å². The number of aliphatic hydroxyl groups excluding tert-OH is 2. The molecule has 8 rings (SSSR count). The van der Waals surface area contributed by atoms with Crippen molar-refractivity contribution >= 4 is 32.3 Å². The summed E-state index contributed by atoms with van der Waals surface area (Å²) in [4.78, 5) is 0. The van der Waals surface area contributed by atoms with E-state index < -0.39 is 0 Å². The zero-order valence-corrected chi connectivity index (χ0v) is 27.0. The third-order valence-electron chi connectivity index (χ3n) is 10.4. The van der Waals surface area contributed by atoms with E-state index in [9.17, 15) is 15.3 Å². The summed E-state index contributed by atoms with van der Waals surface area (Å²) >= 11 is 0. The molecule has 0 aromatic heterocycles. The van der Waals surface area contributed by atoms with Crippen LogP contribution in [0.1, 0.15) is 62.4 Å². The van der Waals surface area contributed by atoms with Crippen LogP contribution in [0.5, 0.6) is 5.75 Å². The van der Waals surface area contributed by atoms with Crippen molar-refractivity contribution in [1.82, 2.24) is 0 Å². The summed E-state index contributed by atoms with van der Waals surface area (Å²) in [5, 5.41) is 37.9. The number of fused-ring (bicyclic) bond motifs is 3. The van der Waals surface area contributed by atoms with Crippen LogP contribution >= 0.6 is 0 Å². The van der Waals surface area contributed by atoms with Gasteiger partial charge in [0, 0.05) is 16.5 Å². The van der Waals surface area contributed by atoms with Crippen LogP contribution < -0.4 is 0 Å². The van der Waals surface area contributed by atoms with Crippen LogP contribution in [0.4, 0.5) is 0 Å². The molecule has 0 fully saturated rings. The summed E-state index contributed by atoms with van der Waals surface area (Å²) in [6, 6.07) is 35.5. The van der Waals surface area contributed by atoms with Gasteiger partial charge < -0.3 is 15.3 Å². The van der Waals surface area contributed by atoms with Gasteiger partial charge in [0.15, 0.2) is 0 Å². The Morgan fingerprint density at radius 3 is 1.67 bits per heavy atom. The molecule has 0 radical (unpaired) electrons. The molecule has 0 spiro atoms. The minimum absolute atomic E-state index is 0.0448. The standard InChI is InChI=1S/C43H38O3/c1-42(2,3)32-18-27-7-6-24-8-12-33(36-15-11-28(19-32)39(27)40(24)36)26-10-14-35-34-13-9-25(20-37(34)43(4,5)38(35)21-26)29-16-30(22-44)41(46)31(17-29)23-45/h6-21,44-46H,22-23H2,1-5H3. The van der Waals surface area contributed by atoms with E-state index >= 15 is 0 Å². The molecule has 3 heteroatoms. The van der Waals surface area contributed by atoms with Gasteiger partial charge >= 0.3 is 0 Å². The van der Waals surface area contributed by atoms with Gasteiger partial charge in [-0.1, -0.05) is 107 Å². The van der Waals surface area contributed by atoms with Crippen molar-refractivity contribution in [1.29, 1.82) is 0 Å². The lowest BCUT2D eigenvalue weighted by Gasteiger charge is -2.23. The fourth-order valence-corrected chi connectivity index (χ4v) is 7.76.